The molecular formula is C24H22N4O3. The second-order valence-corrected chi connectivity index (χ2v) is 7.65. The number of benzene rings is 2. The second kappa shape index (κ2) is 7.92. The number of ketones is 1. The highest BCUT2D eigenvalue weighted by Crippen LogP contribution is 2.35. The summed E-state index contributed by atoms with van der Waals surface area (Å²) in [5.74, 6) is 0.862. The SMILES string of the molecule is COCc1nn2c3c(nnc2c1-c1ccc(OC)cc1)C(=O)C[C@H](c1ccccc1)C3. The molecule has 0 saturated heterocycles. The molecule has 2 aromatic carbocycles. The van der Waals surface area contributed by atoms with E-state index in [1.807, 2.05) is 42.5 Å². The highest BCUT2D eigenvalue weighted by molar-refractivity contribution is 5.97. The van der Waals surface area contributed by atoms with E-state index in [2.05, 4.69) is 22.3 Å². The summed E-state index contributed by atoms with van der Waals surface area (Å²) in [4.78, 5) is 12.9. The van der Waals surface area contributed by atoms with E-state index in [1.165, 1.54) is 0 Å². The second-order valence-electron chi connectivity index (χ2n) is 7.65. The van der Waals surface area contributed by atoms with Gasteiger partial charge in [0.2, 0.25) is 0 Å². The van der Waals surface area contributed by atoms with E-state index in [1.54, 1.807) is 18.7 Å². The first kappa shape index (κ1) is 19.4. The lowest BCUT2D eigenvalue weighted by Crippen LogP contribution is -2.24. The van der Waals surface area contributed by atoms with Gasteiger partial charge in [-0.1, -0.05) is 42.5 Å². The van der Waals surface area contributed by atoms with Gasteiger partial charge in [0.15, 0.2) is 17.1 Å². The van der Waals surface area contributed by atoms with Crippen LogP contribution in [0.25, 0.3) is 16.8 Å². The summed E-state index contributed by atoms with van der Waals surface area (Å²) in [5, 5.41) is 13.5. The molecule has 4 aromatic rings. The molecule has 1 atom stereocenters. The molecule has 31 heavy (non-hydrogen) atoms. The number of rotatable bonds is 5. The van der Waals surface area contributed by atoms with E-state index in [0.717, 1.165) is 33.8 Å². The van der Waals surface area contributed by atoms with Gasteiger partial charge in [0.05, 0.1) is 30.7 Å². The summed E-state index contributed by atoms with van der Waals surface area (Å²) in [5.41, 5.74) is 5.53. The molecule has 7 heteroatoms. The molecule has 1 aliphatic carbocycles. The highest BCUT2D eigenvalue weighted by Gasteiger charge is 2.31. The largest absolute Gasteiger partial charge is 0.497 e. The number of hydrogen-bond acceptors (Lipinski definition) is 6. The normalized spacial score (nSPS) is 15.8. The van der Waals surface area contributed by atoms with Gasteiger partial charge in [-0.3, -0.25) is 4.79 Å². The smallest absolute Gasteiger partial charge is 0.185 e. The zero-order valence-electron chi connectivity index (χ0n) is 17.4. The van der Waals surface area contributed by atoms with Crippen molar-refractivity contribution >= 4 is 11.4 Å². The third-order valence-corrected chi connectivity index (χ3v) is 5.77. The summed E-state index contributed by atoms with van der Waals surface area (Å²) in [6, 6.07) is 17.9. The molecule has 0 fully saturated rings. The van der Waals surface area contributed by atoms with Gasteiger partial charge in [-0.25, -0.2) is 4.52 Å². The topological polar surface area (TPSA) is 78.6 Å². The molecule has 0 radical (unpaired) electrons. The van der Waals surface area contributed by atoms with Crippen LogP contribution in [0.1, 0.15) is 39.8 Å². The molecule has 7 nitrogen and oxygen atoms in total. The fourth-order valence-corrected chi connectivity index (χ4v) is 4.27. The summed E-state index contributed by atoms with van der Waals surface area (Å²) in [6.07, 6.45) is 1.10. The first-order valence-corrected chi connectivity index (χ1v) is 10.2. The van der Waals surface area contributed by atoms with Crippen LogP contribution in [-0.2, 0) is 17.8 Å². The van der Waals surface area contributed by atoms with Gasteiger partial charge in [0, 0.05) is 13.5 Å². The summed E-state index contributed by atoms with van der Waals surface area (Å²) in [6.45, 7) is 0.329. The minimum absolute atomic E-state index is 0.000655. The minimum atomic E-state index is -0.000655. The van der Waals surface area contributed by atoms with Crippen LogP contribution >= 0.6 is 0 Å². The van der Waals surface area contributed by atoms with Crippen molar-refractivity contribution in [3.8, 4) is 16.9 Å². The van der Waals surface area contributed by atoms with Crippen molar-refractivity contribution in [1.29, 1.82) is 0 Å². The van der Waals surface area contributed by atoms with E-state index >= 15 is 0 Å². The van der Waals surface area contributed by atoms with E-state index in [4.69, 9.17) is 14.6 Å². The molecule has 0 N–H and O–H groups in total. The van der Waals surface area contributed by atoms with Gasteiger partial charge in [-0.05, 0) is 35.6 Å². The van der Waals surface area contributed by atoms with Crippen LogP contribution in [0.5, 0.6) is 5.75 Å². The number of Topliss-reactive ketones (excluding diaryl/α,β-unsaturated/α-hetero) is 1. The summed E-state index contributed by atoms with van der Waals surface area (Å²) in [7, 11) is 3.27. The van der Waals surface area contributed by atoms with Gasteiger partial charge in [0.25, 0.3) is 0 Å². The Hall–Kier alpha value is -3.58. The molecule has 0 unspecified atom stereocenters. The molecular weight excluding hydrogens is 392 g/mol. The molecule has 5 rings (SSSR count). The lowest BCUT2D eigenvalue weighted by atomic mass is 9.83. The van der Waals surface area contributed by atoms with Crippen LogP contribution in [0, 0.1) is 0 Å². The number of ether oxygens (including phenoxy) is 2. The Balaban J connectivity index is 1.67. The van der Waals surface area contributed by atoms with Crippen molar-refractivity contribution in [1.82, 2.24) is 19.8 Å². The number of aromatic nitrogens is 4. The monoisotopic (exact) mass is 414 g/mol. The summed E-state index contributed by atoms with van der Waals surface area (Å²) < 4.78 is 12.5. The highest BCUT2D eigenvalue weighted by atomic mass is 16.5. The third kappa shape index (κ3) is 3.37. The number of fused-ring (bicyclic) bond motifs is 3. The van der Waals surface area contributed by atoms with Crippen molar-refractivity contribution < 1.29 is 14.3 Å². The zero-order chi connectivity index (χ0) is 21.4. The van der Waals surface area contributed by atoms with E-state index in [-0.39, 0.29) is 11.7 Å². The van der Waals surface area contributed by atoms with Crippen LogP contribution in [0.3, 0.4) is 0 Å². The fraction of sp³-hybridized carbons (Fsp3) is 0.250. The number of carbonyl (C=O) groups excluding carboxylic acids is 1. The van der Waals surface area contributed by atoms with Crippen LogP contribution in [-0.4, -0.2) is 39.8 Å². The van der Waals surface area contributed by atoms with Crippen molar-refractivity contribution in [3.05, 3.63) is 77.2 Å². The van der Waals surface area contributed by atoms with E-state index in [0.29, 0.717) is 30.8 Å². The quantitative estimate of drug-likeness (QED) is 0.493. The Morgan fingerprint density at radius 1 is 1.00 bits per heavy atom. The average Bonchev–Trinajstić information content (AvgIpc) is 3.18. The maximum absolute atomic E-state index is 12.9. The van der Waals surface area contributed by atoms with E-state index < -0.39 is 0 Å². The number of carbonyl (C=O) groups is 1. The molecule has 0 saturated carbocycles. The number of hydrogen-bond donors (Lipinski definition) is 0. The molecule has 0 bridgehead atoms. The van der Waals surface area contributed by atoms with Gasteiger partial charge < -0.3 is 9.47 Å². The van der Waals surface area contributed by atoms with Gasteiger partial charge in [0.1, 0.15) is 5.75 Å². The molecule has 0 aliphatic heterocycles. The molecule has 156 valence electrons. The predicted molar refractivity (Wildman–Crippen MR) is 115 cm³/mol. The Kier molecular flexibility index (Phi) is 4.95. The van der Waals surface area contributed by atoms with Crippen molar-refractivity contribution in [3.63, 3.8) is 0 Å². The van der Waals surface area contributed by atoms with Crippen LogP contribution in [0.15, 0.2) is 54.6 Å². The molecule has 2 aromatic heterocycles. The molecule has 2 heterocycles. The lowest BCUT2D eigenvalue weighted by Gasteiger charge is -2.23. The van der Waals surface area contributed by atoms with E-state index in [9.17, 15) is 4.79 Å². The van der Waals surface area contributed by atoms with Gasteiger partial charge in [-0.15, -0.1) is 10.2 Å². The Morgan fingerprint density at radius 3 is 2.48 bits per heavy atom. The maximum atomic E-state index is 12.9. The minimum Gasteiger partial charge on any atom is -0.497 e. The Bertz CT molecular complexity index is 1250. The van der Waals surface area contributed by atoms with Gasteiger partial charge >= 0.3 is 0 Å². The third-order valence-electron chi connectivity index (χ3n) is 5.77. The number of nitrogens with zero attached hydrogens (tertiary/aromatic N) is 4. The van der Waals surface area contributed by atoms with Crippen molar-refractivity contribution in [2.24, 2.45) is 0 Å². The Labute approximate surface area is 179 Å². The van der Waals surface area contributed by atoms with Crippen molar-refractivity contribution in [2.45, 2.75) is 25.4 Å². The maximum Gasteiger partial charge on any atom is 0.185 e. The summed E-state index contributed by atoms with van der Waals surface area (Å²) >= 11 is 0. The first-order valence-electron chi connectivity index (χ1n) is 10.2. The lowest BCUT2D eigenvalue weighted by molar-refractivity contribution is 0.0955. The van der Waals surface area contributed by atoms with Gasteiger partial charge in [-0.2, -0.15) is 5.10 Å². The van der Waals surface area contributed by atoms with Crippen molar-refractivity contribution in [2.75, 3.05) is 14.2 Å². The zero-order valence-corrected chi connectivity index (χ0v) is 17.4. The van der Waals surface area contributed by atoms with Crippen LogP contribution in [0.2, 0.25) is 0 Å². The standard InChI is InChI=1S/C24H22N4O3/c1-30-14-19-22(16-8-10-18(31-2)11-9-16)24-26-25-23-20(28(24)27-19)12-17(13-21(23)29)15-6-4-3-5-7-15/h3-11,17H,12-14H2,1-2H3/t17-/m1/s1. The predicted octanol–water partition coefficient (Wildman–Crippen LogP) is 3.86. The average molecular weight is 414 g/mol. The fourth-order valence-electron chi connectivity index (χ4n) is 4.27. The first-order chi connectivity index (χ1) is 15.2. The molecule has 0 spiro atoms. The van der Waals surface area contributed by atoms with Crippen LogP contribution in [0.4, 0.5) is 0 Å². The molecule has 1 aliphatic rings. The van der Waals surface area contributed by atoms with Crippen LogP contribution < -0.4 is 4.74 Å². The number of methoxy groups -OCH3 is 2. The Morgan fingerprint density at radius 2 is 1.77 bits per heavy atom. The molecule has 0 amide bonds.